The molecule has 1 saturated carbocycles. The third-order valence-electron chi connectivity index (χ3n) is 5.58. The topological polar surface area (TPSA) is 15.3 Å². The Morgan fingerprint density at radius 2 is 1.68 bits per heavy atom. The number of piperidine rings is 1. The lowest BCUT2D eigenvalue weighted by Crippen LogP contribution is -2.53. The molecule has 1 saturated heterocycles. The molecular formula is C17H34N2. The van der Waals surface area contributed by atoms with Crippen molar-refractivity contribution in [3.63, 3.8) is 0 Å². The van der Waals surface area contributed by atoms with Gasteiger partial charge in [-0.1, -0.05) is 19.8 Å². The standard InChI is InChI=1S/C17H34N2/c1-14(2)19-11-9-17(4,10-12-19)18-13-16-7-5-15(3)6-8-16/h14-16,18H,5-13H2,1-4H3. The van der Waals surface area contributed by atoms with Gasteiger partial charge in [0.2, 0.25) is 0 Å². The van der Waals surface area contributed by atoms with E-state index >= 15 is 0 Å². The minimum absolute atomic E-state index is 0.397. The Kier molecular flexibility index (Phi) is 5.30. The first kappa shape index (κ1) is 15.3. The van der Waals surface area contributed by atoms with Gasteiger partial charge in [0.1, 0.15) is 0 Å². The van der Waals surface area contributed by atoms with Gasteiger partial charge in [-0.3, -0.25) is 0 Å². The average molecular weight is 266 g/mol. The van der Waals surface area contributed by atoms with Gasteiger partial charge >= 0.3 is 0 Å². The van der Waals surface area contributed by atoms with Gasteiger partial charge in [-0.15, -0.1) is 0 Å². The van der Waals surface area contributed by atoms with Crippen LogP contribution in [-0.4, -0.2) is 36.1 Å². The molecule has 1 aliphatic carbocycles. The summed E-state index contributed by atoms with van der Waals surface area (Å²) in [4.78, 5) is 2.62. The zero-order valence-corrected chi connectivity index (χ0v) is 13.5. The number of likely N-dealkylation sites (tertiary alicyclic amines) is 1. The van der Waals surface area contributed by atoms with E-state index in [-0.39, 0.29) is 0 Å². The number of hydrogen-bond acceptors (Lipinski definition) is 2. The molecule has 2 heteroatoms. The molecule has 0 unspecified atom stereocenters. The normalized spacial score (nSPS) is 32.7. The molecule has 19 heavy (non-hydrogen) atoms. The summed E-state index contributed by atoms with van der Waals surface area (Å²) in [6.07, 6.45) is 8.42. The van der Waals surface area contributed by atoms with Gasteiger partial charge < -0.3 is 10.2 Å². The molecule has 2 rings (SSSR count). The highest BCUT2D eigenvalue weighted by Crippen LogP contribution is 2.29. The lowest BCUT2D eigenvalue weighted by molar-refractivity contribution is 0.114. The summed E-state index contributed by atoms with van der Waals surface area (Å²) in [7, 11) is 0. The summed E-state index contributed by atoms with van der Waals surface area (Å²) in [6.45, 7) is 13.3. The second kappa shape index (κ2) is 6.58. The summed E-state index contributed by atoms with van der Waals surface area (Å²) in [6, 6.07) is 0.712. The van der Waals surface area contributed by atoms with Gasteiger partial charge in [0, 0.05) is 24.7 Å². The average Bonchev–Trinajstić information content (AvgIpc) is 2.39. The highest BCUT2D eigenvalue weighted by Gasteiger charge is 2.31. The molecule has 0 amide bonds. The Morgan fingerprint density at radius 3 is 2.21 bits per heavy atom. The molecule has 1 N–H and O–H groups in total. The van der Waals surface area contributed by atoms with E-state index in [2.05, 4.69) is 37.9 Å². The van der Waals surface area contributed by atoms with Crippen LogP contribution >= 0.6 is 0 Å². The van der Waals surface area contributed by atoms with E-state index in [1.54, 1.807) is 0 Å². The Labute approximate surface area is 120 Å². The van der Waals surface area contributed by atoms with Crippen LogP contribution in [0.3, 0.4) is 0 Å². The van der Waals surface area contributed by atoms with E-state index in [4.69, 9.17) is 0 Å². The van der Waals surface area contributed by atoms with Crippen LogP contribution in [0.2, 0.25) is 0 Å². The first-order chi connectivity index (χ1) is 8.98. The predicted octanol–water partition coefficient (Wildman–Crippen LogP) is 3.67. The molecule has 0 atom stereocenters. The molecule has 0 aromatic heterocycles. The van der Waals surface area contributed by atoms with Crippen LogP contribution < -0.4 is 5.32 Å². The maximum absolute atomic E-state index is 3.92. The summed E-state index contributed by atoms with van der Waals surface area (Å²) in [5, 5.41) is 3.92. The SMILES string of the molecule is CC1CCC(CNC2(C)CCN(C(C)C)CC2)CC1. The molecule has 1 heterocycles. The molecule has 0 bridgehead atoms. The van der Waals surface area contributed by atoms with Crippen LogP contribution in [0.25, 0.3) is 0 Å². The molecule has 0 spiro atoms. The highest BCUT2D eigenvalue weighted by atomic mass is 15.2. The van der Waals surface area contributed by atoms with Crippen molar-refractivity contribution < 1.29 is 0 Å². The van der Waals surface area contributed by atoms with Crippen molar-refractivity contribution in [3.05, 3.63) is 0 Å². The molecule has 112 valence electrons. The molecule has 0 aromatic carbocycles. The van der Waals surface area contributed by atoms with Crippen molar-refractivity contribution in [1.29, 1.82) is 0 Å². The maximum atomic E-state index is 3.92. The zero-order chi connectivity index (χ0) is 13.9. The van der Waals surface area contributed by atoms with Crippen LogP contribution in [0.5, 0.6) is 0 Å². The summed E-state index contributed by atoms with van der Waals surface area (Å²) < 4.78 is 0. The lowest BCUT2D eigenvalue weighted by atomic mass is 9.82. The molecule has 2 fully saturated rings. The summed E-state index contributed by atoms with van der Waals surface area (Å²) in [5.41, 5.74) is 0.397. The third kappa shape index (κ3) is 4.46. The third-order valence-corrected chi connectivity index (χ3v) is 5.58. The van der Waals surface area contributed by atoms with Gasteiger partial charge in [-0.25, -0.2) is 0 Å². The second-order valence-corrected chi connectivity index (χ2v) is 7.70. The smallest absolute Gasteiger partial charge is 0.0177 e. The Balaban J connectivity index is 1.71. The summed E-state index contributed by atoms with van der Waals surface area (Å²) >= 11 is 0. The monoisotopic (exact) mass is 266 g/mol. The molecule has 1 aliphatic heterocycles. The van der Waals surface area contributed by atoms with Gasteiger partial charge in [0.05, 0.1) is 0 Å². The fraction of sp³-hybridized carbons (Fsp3) is 1.00. The fourth-order valence-corrected chi connectivity index (χ4v) is 3.63. The van der Waals surface area contributed by atoms with E-state index < -0.39 is 0 Å². The van der Waals surface area contributed by atoms with Crippen LogP contribution in [0.1, 0.15) is 66.2 Å². The van der Waals surface area contributed by atoms with Gasteiger partial charge in [-0.05, 0) is 64.8 Å². The van der Waals surface area contributed by atoms with E-state index in [1.165, 1.54) is 58.2 Å². The van der Waals surface area contributed by atoms with Crippen molar-refractivity contribution in [2.24, 2.45) is 11.8 Å². The molecule has 0 aromatic rings. The number of hydrogen-bond donors (Lipinski definition) is 1. The van der Waals surface area contributed by atoms with E-state index in [9.17, 15) is 0 Å². The van der Waals surface area contributed by atoms with Gasteiger partial charge in [0.15, 0.2) is 0 Å². The fourth-order valence-electron chi connectivity index (χ4n) is 3.63. The van der Waals surface area contributed by atoms with Crippen molar-refractivity contribution >= 4 is 0 Å². The number of nitrogens with zero attached hydrogens (tertiary/aromatic N) is 1. The summed E-state index contributed by atoms with van der Waals surface area (Å²) in [5.74, 6) is 1.91. The molecule has 0 radical (unpaired) electrons. The van der Waals surface area contributed by atoms with Crippen molar-refractivity contribution in [2.45, 2.75) is 77.8 Å². The minimum Gasteiger partial charge on any atom is -0.311 e. The zero-order valence-electron chi connectivity index (χ0n) is 13.5. The Bertz CT molecular complexity index is 258. The van der Waals surface area contributed by atoms with Crippen LogP contribution in [-0.2, 0) is 0 Å². The van der Waals surface area contributed by atoms with E-state index in [0.29, 0.717) is 11.6 Å². The predicted molar refractivity (Wildman–Crippen MR) is 83.5 cm³/mol. The maximum Gasteiger partial charge on any atom is 0.0177 e. The lowest BCUT2D eigenvalue weighted by Gasteiger charge is -2.42. The molecule has 2 nitrogen and oxygen atoms in total. The molecular weight excluding hydrogens is 232 g/mol. The number of nitrogens with one attached hydrogen (secondary N) is 1. The van der Waals surface area contributed by atoms with Crippen molar-refractivity contribution in [3.8, 4) is 0 Å². The number of rotatable bonds is 4. The van der Waals surface area contributed by atoms with Crippen LogP contribution in [0, 0.1) is 11.8 Å². The highest BCUT2D eigenvalue weighted by molar-refractivity contribution is 4.91. The molecule has 2 aliphatic rings. The van der Waals surface area contributed by atoms with Crippen LogP contribution in [0.4, 0.5) is 0 Å². The van der Waals surface area contributed by atoms with Crippen molar-refractivity contribution in [2.75, 3.05) is 19.6 Å². The quantitative estimate of drug-likeness (QED) is 0.835. The minimum atomic E-state index is 0.397. The Morgan fingerprint density at radius 1 is 1.11 bits per heavy atom. The largest absolute Gasteiger partial charge is 0.311 e. The van der Waals surface area contributed by atoms with E-state index in [0.717, 1.165) is 11.8 Å². The Hall–Kier alpha value is -0.0800. The van der Waals surface area contributed by atoms with Crippen molar-refractivity contribution in [1.82, 2.24) is 10.2 Å². The second-order valence-electron chi connectivity index (χ2n) is 7.70. The van der Waals surface area contributed by atoms with Gasteiger partial charge in [0.25, 0.3) is 0 Å². The first-order valence-electron chi connectivity index (χ1n) is 8.47. The van der Waals surface area contributed by atoms with E-state index in [1.807, 2.05) is 0 Å². The van der Waals surface area contributed by atoms with Crippen LogP contribution in [0.15, 0.2) is 0 Å². The van der Waals surface area contributed by atoms with Gasteiger partial charge in [-0.2, -0.15) is 0 Å². The first-order valence-corrected chi connectivity index (χ1v) is 8.47.